The number of rotatable bonds is 6. The van der Waals surface area contributed by atoms with Gasteiger partial charge >= 0.3 is 0 Å². The number of hydrogen-bond acceptors (Lipinski definition) is 5. The quantitative estimate of drug-likeness (QED) is 0.412. The summed E-state index contributed by atoms with van der Waals surface area (Å²) in [6.07, 6.45) is 1.46. The monoisotopic (exact) mass is 418 g/mol. The summed E-state index contributed by atoms with van der Waals surface area (Å²) in [5.74, 6) is 0.565. The molecule has 0 saturated heterocycles. The molecule has 0 saturated carbocycles. The minimum absolute atomic E-state index is 0.0576. The molecule has 30 heavy (non-hydrogen) atoms. The maximum Gasteiger partial charge on any atom is 0.263 e. The lowest BCUT2D eigenvalue weighted by Gasteiger charge is -2.08. The van der Waals surface area contributed by atoms with Gasteiger partial charge in [-0.15, -0.1) is 11.3 Å². The first-order chi connectivity index (χ1) is 14.5. The highest BCUT2D eigenvalue weighted by atomic mass is 32.1. The zero-order valence-corrected chi connectivity index (χ0v) is 18.0. The molecule has 5 nitrogen and oxygen atoms in total. The third-order valence-electron chi connectivity index (χ3n) is 5.03. The second-order valence-corrected chi connectivity index (χ2v) is 8.06. The van der Waals surface area contributed by atoms with Gasteiger partial charge < -0.3 is 4.74 Å². The number of thiophene rings is 1. The van der Waals surface area contributed by atoms with Gasteiger partial charge in [0.1, 0.15) is 10.6 Å². The lowest BCUT2D eigenvalue weighted by molar-refractivity contribution is 0.0970. The van der Waals surface area contributed by atoms with Crippen LogP contribution in [0.15, 0.2) is 59.0 Å². The van der Waals surface area contributed by atoms with E-state index in [0.29, 0.717) is 28.1 Å². The largest absolute Gasteiger partial charge is 0.494 e. The van der Waals surface area contributed by atoms with Crippen LogP contribution in [0.5, 0.6) is 5.75 Å². The van der Waals surface area contributed by atoms with Gasteiger partial charge in [-0.2, -0.15) is 0 Å². The van der Waals surface area contributed by atoms with E-state index in [4.69, 9.17) is 4.74 Å². The summed E-state index contributed by atoms with van der Waals surface area (Å²) >= 11 is 1.44. The summed E-state index contributed by atoms with van der Waals surface area (Å²) in [6.45, 7) is 6.50. The third kappa shape index (κ3) is 3.78. The summed E-state index contributed by atoms with van der Waals surface area (Å²) in [6, 6.07) is 13.1. The van der Waals surface area contributed by atoms with Gasteiger partial charge in [0.15, 0.2) is 5.78 Å². The molecule has 0 fully saturated rings. The normalized spacial score (nSPS) is 11.0. The van der Waals surface area contributed by atoms with E-state index in [9.17, 15) is 9.59 Å². The van der Waals surface area contributed by atoms with Crippen molar-refractivity contribution < 1.29 is 9.53 Å². The van der Waals surface area contributed by atoms with Crippen LogP contribution in [0.4, 0.5) is 0 Å². The minimum Gasteiger partial charge on any atom is -0.494 e. The molecule has 0 N–H and O–H groups in total. The van der Waals surface area contributed by atoms with Crippen molar-refractivity contribution in [1.29, 1.82) is 0 Å². The summed E-state index contributed by atoms with van der Waals surface area (Å²) in [7, 11) is 0. The van der Waals surface area contributed by atoms with Crippen LogP contribution in [-0.2, 0) is 6.54 Å². The van der Waals surface area contributed by atoms with Gasteiger partial charge in [-0.1, -0.05) is 23.8 Å². The summed E-state index contributed by atoms with van der Waals surface area (Å²) in [4.78, 5) is 31.1. The van der Waals surface area contributed by atoms with E-state index in [1.165, 1.54) is 27.8 Å². The van der Waals surface area contributed by atoms with Crippen LogP contribution in [-0.4, -0.2) is 21.9 Å². The lowest BCUT2D eigenvalue weighted by Crippen LogP contribution is -2.24. The fraction of sp³-hybridized carbons (Fsp3) is 0.208. The molecular formula is C24H22N2O3S. The van der Waals surface area contributed by atoms with Crippen molar-refractivity contribution in [3.63, 3.8) is 0 Å². The van der Waals surface area contributed by atoms with Gasteiger partial charge in [-0.3, -0.25) is 14.2 Å². The van der Waals surface area contributed by atoms with Gasteiger partial charge in [0.25, 0.3) is 5.56 Å². The number of carbonyl (C=O) groups is 1. The number of nitrogens with zero attached hydrogens (tertiary/aromatic N) is 2. The lowest BCUT2D eigenvalue weighted by atomic mass is 9.99. The SMILES string of the molecule is CCOc1ccc(C(=O)Cn2cnc3scc(-c4ccc(C)cc4C)c3c2=O)cc1. The molecule has 0 atom stereocenters. The molecule has 0 radical (unpaired) electrons. The Morgan fingerprint density at radius 2 is 1.87 bits per heavy atom. The highest BCUT2D eigenvalue weighted by molar-refractivity contribution is 7.17. The van der Waals surface area contributed by atoms with Gasteiger partial charge in [-0.25, -0.2) is 4.98 Å². The minimum atomic E-state index is -0.199. The number of ketones is 1. The molecule has 4 rings (SSSR count). The van der Waals surface area contributed by atoms with E-state index in [2.05, 4.69) is 11.1 Å². The Morgan fingerprint density at radius 3 is 2.57 bits per heavy atom. The first kappa shape index (κ1) is 20.0. The summed E-state index contributed by atoms with van der Waals surface area (Å²) < 4.78 is 6.80. The van der Waals surface area contributed by atoms with Crippen LogP contribution >= 0.6 is 11.3 Å². The average Bonchev–Trinajstić information content (AvgIpc) is 3.15. The number of ether oxygens (including phenoxy) is 1. The van der Waals surface area contributed by atoms with E-state index >= 15 is 0 Å². The van der Waals surface area contributed by atoms with E-state index in [-0.39, 0.29) is 17.9 Å². The first-order valence-corrected chi connectivity index (χ1v) is 10.7. The Bertz CT molecular complexity index is 1290. The maximum atomic E-state index is 13.2. The van der Waals surface area contributed by atoms with Crippen LogP contribution in [0.1, 0.15) is 28.4 Å². The fourth-order valence-electron chi connectivity index (χ4n) is 3.54. The molecule has 2 aromatic carbocycles. The molecule has 152 valence electrons. The molecule has 0 aliphatic heterocycles. The Hall–Kier alpha value is -3.25. The predicted molar refractivity (Wildman–Crippen MR) is 121 cm³/mol. The van der Waals surface area contributed by atoms with Gasteiger partial charge in [0.2, 0.25) is 0 Å². The van der Waals surface area contributed by atoms with Crippen molar-refractivity contribution in [2.45, 2.75) is 27.3 Å². The van der Waals surface area contributed by atoms with Crippen LogP contribution in [0.3, 0.4) is 0 Å². The zero-order chi connectivity index (χ0) is 21.3. The topological polar surface area (TPSA) is 61.2 Å². The Morgan fingerprint density at radius 1 is 1.10 bits per heavy atom. The molecule has 4 aromatic rings. The number of aromatic nitrogens is 2. The Labute approximate surface area is 178 Å². The molecule has 0 aliphatic carbocycles. The van der Waals surface area contributed by atoms with Crippen molar-refractivity contribution in [3.05, 3.63) is 81.2 Å². The van der Waals surface area contributed by atoms with Gasteiger partial charge in [-0.05, 0) is 56.2 Å². The highest BCUT2D eigenvalue weighted by Gasteiger charge is 2.16. The van der Waals surface area contributed by atoms with E-state index in [1.54, 1.807) is 24.3 Å². The Kier molecular flexibility index (Phi) is 5.50. The molecule has 0 spiro atoms. The molecular weight excluding hydrogens is 396 g/mol. The molecule has 2 aromatic heterocycles. The average molecular weight is 419 g/mol. The standard InChI is InChI=1S/C24H22N2O3S/c1-4-29-18-8-6-17(7-9-18)21(27)12-26-14-25-23-22(24(26)28)20(13-30-23)19-10-5-15(2)11-16(19)3/h5-11,13-14H,4,12H2,1-3H3. The van der Waals surface area contributed by atoms with Crippen molar-refractivity contribution in [3.8, 4) is 16.9 Å². The zero-order valence-electron chi connectivity index (χ0n) is 17.1. The van der Waals surface area contributed by atoms with Crippen LogP contribution in [0.2, 0.25) is 0 Å². The smallest absolute Gasteiger partial charge is 0.263 e. The molecule has 0 aliphatic rings. The van der Waals surface area contributed by atoms with E-state index in [0.717, 1.165) is 16.7 Å². The van der Waals surface area contributed by atoms with E-state index < -0.39 is 0 Å². The number of Topliss-reactive ketones (excluding diaryl/α,β-unsaturated/α-hetero) is 1. The van der Waals surface area contributed by atoms with Gasteiger partial charge in [0, 0.05) is 16.5 Å². The van der Waals surface area contributed by atoms with Crippen LogP contribution in [0, 0.1) is 13.8 Å². The second-order valence-electron chi connectivity index (χ2n) is 7.21. The Balaban J connectivity index is 1.69. The number of carbonyl (C=O) groups excluding carboxylic acids is 1. The van der Waals surface area contributed by atoms with Crippen molar-refractivity contribution in [1.82, 2.24) is 9.55 Å². The van der Waals surface area contributed by atoms with Crippen molar-refractivity contribution in [2.75, 3.05) is 6.61 Å². The number of aryl methyl sites for hydroxylation is 2. The number of hydrogen-bond donors (Lipinski definition) is 0. The fourth-order valence-corrected chi connectivity index (χ4v) is 4.44. The molecule has 0 amide bonds. The third-order valence-corrected chi connectivity index (χ3v) is 5.92. The first-order valence-electron chi connectivity index (χ1n) is 9.78. The molecule has 2 heterocycles. The summed E-state index contributed by atoms with van der Waals surface area (Å²) in [5.41, 5.74) is 4.50. The molecule has 0 unspecified atom stereocenters. The molecule has 0 bridgehead atoms. The van der Waals surface area contributed by atoms with E-state index in [1.807, 2.05) is 38.3 Å². The summed E-state index contributed by atoms with van der Waals surface area (Å²) in [5, 5.41) is 2.53. The number of fused-ring (bicyclic) bond motifs is 1. The molecule has 6 heteroatoms. The number of benzene rings is 2. The van der Waals surface area contributed by atoms with Crippen molar-refractivity contribution in [2.24, 2.45) is 0 Å². The predicted octanol–water partition coefficient (Wildman–Crippen LogP) is 5.02. The van der Waals surface area contributed by atoms with Crippen LogP contribution < -0.4 is 10.3 Å². The van der Waals surface area contributed by atoms with Crippen LogP contribution in [0.25, 0.3) is 21.3 Å². The second kappa shape index (κ2) is 8.24. The maximum absolute atomic E-state index is 13.2. The van der Waals surface area contributed by atoms with Gasteiger partial charge in [0.05, 0.1) is 24.9 Å². The van der Waals surface area contributed by atoms with Crippen molar-refractivity contribution >= 4 is 27.3 Å². The highest BCUT2D eigenvalue weighted by Crippen LogP contribution is 2.33.